The van der Waals surface area contributed by atoms with E-state index in [1.807, 2.05) is 25.2 Å². The van der Waals surface area contributed by atoms with Crippen molar-refractivity contribution in [2.75, 3.05) is 9.80 Å². The average molecular weight is 815 g/mol. The summed E-state index contributed by atoms with van der Waals surface area (Å²) in [6.07, 6.45) is 0. The van der Waals surface area contributed by atoms with Gasteiger partial charge in [-0.2, -0.15) is 0 Å². The van der Waals surface area contributed by atoms with Crippen molar-refractivity contribution in [3.05, 3.63) is 162 Å². The van der Waals surface area contributed by atoms with Crippen LogP contribution >= 0.6 is 11.3 Å². The lowest BCUT2D eigenvalue weighted by Crippen LogP contribution is -2.61. The quantitative estimate of drug-likeness (QED) is 0.164. The number of rotatable bonds is 3. The topological polar surface area (TPSA) is 6.48 Å². The maximum absolute atomic E-state index is 2.54. The summed E-state index contributed by atoms with van der Waals surface area (Å²) in [5, 5.41) is 2.67. The van der Waals surface area contributed by atoms with E-state index in [2.05, 4.69) is 219 Å². The van der Waals surface area contributed by atoms with Gasteiger partial charge in [-0.3, -0.25) is 0 Å². The van der Waals surface area contributed by atoms with Crippen molar-refractivity contribution < 1.29 is 0 Å². The predicted molar refractivity (Wildman–Crippen MR) is 271 cm³/mol. The van der Waals surface area contributed by atoms with E-state index in [4.69, 9.17) is 0 Å². The number of hydrogen-bond acceptors (Lipinski definition) is 3. The van der Waals surface area contributed by atoms with Crippen LogP contribution in [0, 0.1) is 6.92 Å². The van der Waals surface area contributed by atoms with Crippen LogP contribution in [0.3, 0.4) is 0 Å². The molecular weight excluding hydrogens is 756 g/mol. The second kappa shape index (κ2) is 14.8. The number of aryl methyl sites for hydroxylation is 1. The highest BCUT2D eigenvalue weighted by atomic mass is 32.1. The van der Waals surface area contributed by atoms with Crippen molar-refractivity contribution in [3.63, 3.8) is 0 Å². The van der Waals surface area contributed by atoms with Gasteiger partial charge in [0.1, 0.15) is 0 Å². The van der Waals surface area contributed by atoms with E-state index in [1.54, 1.807) is 0 Å². The summed E-state index contributed by atoms with van der Waals surface area (Å²) in [6, 6.07) is 53.7. The smallest absolute Gasteiger partial charge is 0.252 e. The molecule has 61 heavy (non-hydrogen) atoms. The molecule has 0 atom stereocenters. The second-order valence-corrected chi connectivity index (χ2v) is 21.1. The van der Waals surface area contributed by atoms with Crippen molar-refractivity contribution in [2.45, 2.75) is 99.3 Å². The molecule has 2 nitrogen and oxygen atoms in total. The van der Waals surface area contributed by atoms with E-state index in [1.165, 1.54) is 104 Å². The predicted octanol–water partition coefficient (Wildman–Crippen LogP) is 15.0. The molecule has 0 saturated heterocycles. The van der Waals surface area contributed by atoms with Gasteiger partial charge >= 0.3 is 0 Å². The Morgan fingerprint density at radius 3 is 1.41 bits per heavy atom. The molecule has 0 radical (unpaired) electrons. The molecule has 0 saturated carbocycles. The second-order valence-electron chi connectivity index (χ2n) is 20.0. The Labute approximate surface area is 369 Å². The first-order valence-corrected chi connectivity index (χ1v) is 23.0. The van der Waals surface area contributed by atoms with E-state index in [9.17, 15) is 0 Å². The molecule has 3 heterocycles. The van der Waals surface area contributed by atoms with Crippen LogP contribution < -0.4 is 26.2 Å². The Hall–Kier alpha value is -5.58. The van der Waals surface area contributed by atoms with Crippen LogP contribution in [0.25, 0.3) is 31.3 Å². The summed E-state index contributed by atoms with van der Waals surface area (Å²) in [5.74, 6) is 0. The van der Waals surface area contributed by atoms with Gasteiger partial charge in [-0.05, 0) is 134 Å². The number of anilines is 6. The standard InChI is InChI=1S/C55H53BN2S.C2H6/c1-34-29-48-52-49(30-34)58(41-24-18-37(19-25-41)53(2,3)4)47-28-21-39(55(8,9)10)33-45(47)56(52)44-32-38(54(5,6)7)20-27-46(44)57(48)40-22-15-35(16-23-40)36-17-26-43-42-13-11-12-14-50(42)59-51(43)31-36;1-2/h11-33H,1-10H3;1-2H3. The number of nitrogens with zero attached hydrogens (tertiary/aromatic N) is 2. The third kappa shape index (κ3) is 6.98. The van der Waals surface area contributed by atoms with Gasteiger partial charge in [-0.1, -0.05) is 155 Å². The van der Waals surface area contributed by atoms with Crippen LogP contribution in [0.1, 0.15) is 98.4 Å². The molecule has 7 aromatic carbocycles. The van der Waals surface area contributed by atoms with Gasteiger partial charge in [0.05, 0.1) is 0 Å². The van der Waals surface area contributed by atoms with E-state index >= 15 is 0 Å². The van der Waals surface area contributed by atoms with E-state index in [-0.39, 0.29) is 23.0 Å². The minimum absolute atomic E-state index is 0.000995. The zero-order valence-corrected chi connectivity index (χ0v) is 39.0. The van der Waals surface area contributed by atoms with E-state index in [0.717, 1.165) is 0 Å². The SMILES string of the molecule is CC.Cc1cc2c3c(c1)N(c1ccc(C(C)(C)C)cc1)c1ccc(C(C)(C)C)cc1B3c1cc(C(C)(C)C)ccc1N2c1ccc(-c2ccc3c(c2)sc2ccccc23)cc1. The molecule has 0 spiro atoms. The van der Waals surface area contributed by atoms with Gasteiger partial charge in [-0.25, -0.2) is 0 Å². The summed E-state index contributed by atoms with van der Waals surface area (Å²) in [4.78, 5) is 5.09. The molecular formula is C57H59BN2S. The van der Waals surface area contributed by atoms with Crippen LogP contribution in [0.5, 0.6) is 0 Å². The molecule has 0 unspecified atom stereocenters. The lowest BCUT2D eigenvalue weighted by atomic mass is 9.33. The molecule has 0 fully saturated rings. The maximum atomic E-state index is 2.54. The highest BCUT2D eigenvalue weighted by molar-refractivity contribution is 7.25. The van der Waals surface area contributed by atoms with Gasteiger partial charge in [0, 0.05) is 54.3 Å². The lowest BCUT2D eigenvalue weighted by molar-refractivity contribution is 0.590. The van der Waals surface area contributed by atoms with Crippen LogP contribution in [-0.2, 0) is 16.2 Å². The molecule has 1 aromatic heterocycles. The van der Waals surface area contributed by atoms with Gasteiger partial charge in [-0.15, -0.1) is 11.3 Å². The zero-order chi connectivity index (χ0) is 43.2. The van der Waals surface area contributed by atoms with Crippen molar-refractivity contribution >= 4 is 88.7 Å². The molecule has 0 aliphatic carbocycles. The molecule has 0 amide bonds. The molecule has 306 valence electrons. The summed E-state index contributed by atoms with van der Waals surface area (Å²) < 4.78 is 2.67. The van der Waals surface area contributed by atoms with Gasteiger partial charge in [0.2, 0.25) is 0 Å². The lowest BCUT2D eigenvalue weighted by Gasteiger charge is -2.45. The Bertz CT molecular complexity index is 2950. The third-order valence-electron chi connectivity index (χ3n) is 12.8. The fraction of sp³-hybridized carbons (Fsp3) is 0.263. The molecule has 2 aliphatic rings. The van der Waals surface area contributed by atoms with E-state index < -0.39 is 0 Å². The minimum Gasteiger partial charge on any atom is -0.311 e. The summed E-state index contributed by atoms with van der Waals surface area (Å²) in [6.45, 7) is 27.2. The van der Waals surface area contributed by atoms with E-state index in [0.29, 0.717) is 0 Å². The highest BCUT2D eigenvalue weighted by Gasteiger charge is 2.44. The van der Waals surface area contributed by atoms with Crippen LogP contribution in [0.15, 0.2) is 140 Å². The summed E-state index contributed by atoms with van der Waals surface area (Å²) in [7, 11) is 0. The van der Waals surface area contributed by atoms with Crippen molar-refractivity contribution in [2.24, 2.45) is 0 Å². The number of hydrogen-bond donors (Lipinski definition) is 0. The molecule has 8 aromatic rings. The summed E-state index contributed by atoms with van der Waals surface area (Å²) in [5.41, 5.74) is 19.3. The molecule has 0 N–H and O–H groups in total. The van der Waals surface area contributed by atoms with Crippen molar-refractivity contribution in [1.29, 1.82) is 0 Å². The van der Waals surface area contributed by atoms with Crippen molar-refractivity contribution in [1.82, 2.24) is 0 Å². The molecule has 4 heteroatoms. The molecule has 2 aliphatic heterocycles. The fourth-order valence-electron chi connectivity index (χ4n) is 9.45. The van der Waals surface area contributed by atoms with Crippen LogP contribution in [0.2, 0.25) is 0 Å². The maximum Gasteiger partial charge on any atom is 0.252 e. The Kier molecular flexibility index (Phi) is 9.91. The monoisotopic (exact) mass is 814 g/mol. The Morgan fingerprint density at radius 1 is 0.426 bits per heavy atom. The van der Waals surface area contributed by atoms with Crippen LogP contribution in [0.4, 0.5) is 34.1 Å². The number of thiophene rings is 1. The zero-order valence-electron chi connectivity index (χ0n) is 38.2. The highest BCUT2D eigenvalue weighted by Crippen LogP contribution is 2.46. The Balaban J connectivity index is 0.00000235. The van der Waals surface area contributed by atoms with Gasteiger partial charge in [0.15, 0.2) is 0 Å². The van der Waals surface area contributed by atoms with Gasteiger partial charge in [0.25, 0.3) is 6.71 Å². The normalized spacial score (nSPS) is 13.5. The number of fused-ring (bicyclic) bond motifs is 7. The van der Waals surface area contributed by atoms with Crippen LogP contribution in [-0.4, -0.2) is 6.71 Å². The third-order valence-corrected chi connectivity index (χ3v) is 13.9. The average Bonchev–Trinajstić information content (AvgIpc) is 3.61. The minimum atomic E-state index is -0.000995. The van der Waals surface area contributed by atoms with Crippen molar-refractivity contribution in [3.8, 4) is 11.1 Å². The molecule has 10 rings (SSSR count). The Morgan fingerprint density at radius 2 is 0.885 bits per heavy atom. The first kappa shape index (κ1) is 40.8. The first-order chi connectivity index (χ1) is 29.0. The molecule has 0 bridgehead atoms. The van der Waals surface area contributed by atoms with Gasteiger partial charge < -0.3 is 9.80 Å². The summed E-state index contributed by atoms with van der Waals surface area (Å²) >= 11 is 1.88. The first-order valence-electron chi connectivity index (χ1n) is 22.2. The fourth-order valence-corrected chi connectivity index (χ4v) is 10.6. The largest absolute Gasteiger partial charge is 0.311 e. The number of benzene rings is 7.